The largest absolute Gasteiger partial charge is 0.240 e. The van der Waals surface area contributed by atoms with E-state index in [2.05, 4.69) is 15.0 Å². The van der Waals surface area contributed by atoms with Gasteiger partial charge in [-0.25, -0.2) is 19.3 Å². The van der Waals surface area contributed by atoms with Gasteiger partial charge in [0, 0.05) is 27.5 Å². The first-order valence-corrected chi connectivity index (χ1v) is 10.4. The lowest BCUT2D eigenvalue weighted by Gasteiger charge is -2.29. The van der Waals surface area contributed by atoms with Crippen LogP contribution in [0.25, 0.3) is 0 Å². The van der Waals surface area contributed by atoms with Crippen LogP contribution in [0.15, 0.2) is 36.5 Å². The molecule has 3 aromatic heterocycles. The first kappa shape index (κ1) is 23.2. The Morgan fingerprint density at radius 2 is 1.39 bits per heavy atom. The lowest BCUT2D eigenvalue weighted by Crippen LogP contribution is -2.26. The quantitative estimate of drug-likeness (QED) is 0.407. The van der Waals surface area contributed by atoms with Gasteiger partial charge in [0.15, 0.2) is 0 Å². The predicted molar refractivity (Wildman–Crippen MR) is 116 cm³/mol. The number of rotatable bonds is 5. The lowest BCUT2D eigenvalue weighted by molar-refractivity contribution is 0.495. The highest BCUT2D eigenvalue weighted by Crippen LogP contribution is 2.38. The smallest absolute Gasteiger partial charge is 0.217 e. The molecule has 0 aliphatic carbocycles. The highest BCUT2D eigenvalue weighted by Gasteiger charge is 2.33. The highest BCUT2D eigenvalue weighted by molar-refractivity contribution is 6.30. The van der Waals surface area contributed by atoms with Crippen molar-refractivity contribution in [2.24, 2.45) is 0 Å². The van der Waals surface area contributed by atoms with Crippen molar-refractivity contribution in [2.45, 2.75) is 58.3 Å². The van der Waals surface area contributed by atoms with E-state index in [1.165, 1.54) is 0 Å². The van der Waals surface area contributed by atoms with Crippen LogP contribution in [0.1, 0.15) is 75.5 Å². The fourth-order valence-electron chi connectivity index (χ4n) is 3.61. The third-order valence-corrected chi connectivity index (χ3v) is 6.07. The first-order valence-electron chi connectivity index (χ1n) is 10.0. The molecule has 3 rings (SSSR count). The summed E-state index contributed by atoms with van der Waals surface area (Å²) < 4.78 is 42.5. The van der Waals surface area contributed by atoms with Crippen LogP contribution in [0.5, 0.6) is 0 Å². The van der Waals surface area contributed by atoms with Crippen molar-refractivity contribution in [1.82, 2.24) is 15.0 Å². The summed E-state index contributed by atoms with van der Waals surface area (Å²) in [4.78, 5) is 12.1. The molecule has 7 heteroatoms. The van der Waals surface area contributed by atoms with E-state index in [1.54, 1.807) is 38.1 Å². The zero-order valence-electron chi connectivity index (χ0n) is 18.4. The van der Waals surface area contributed by atoms with Gasteiger partial charge in [-0.1, -0.05) is 51.4 Å². The van der Waals surface area contributed by atoms with Gasteiger partial charge in [-0.2, -0.15) is 8.78 Å². The van der Waals surface area contributed by atoms with E-state index in [0.717, 1.165) is 12.3 Å². The summed E-state index contributed by atoms with van der Waals surface area (Å²) in [6.07, 6.45) is 0.831. The van der Waals surface area contributed by atoms with Gasteiger partial charge in [-0.15, -0.1) is 0 Å². The van der Waals surface area contributed by atoms with Crippen molar-refractivity contribution in [3.8, 4) is 0 Å². The number of hydrogen-bond donors (Lipinski definition) is 0. The second-order valence-electron chi connectivity index (χ2n) is 9.01. The Bertz CT molecular complexity index is 1130. The molecule has 0 aliphatic rings. The van der Waals surface area contributed by atoms with Gasteiger partial charge >= 0.3 is 0 Å². The number of pyridine rings is 3. The molecule has 0 fully saturated rings. The highest BCUT2D eigenvalue weighted by atomic mass is 35.5. The fraction of sp³-hybridized carbons (Fsp3) is 0.375. The maximum absolute atomic E-state index is 14.5. The molecule has 0 saturated heterocycles. The summed E-state index contributed by atoms with van der Waals surface area (Å²) in [6.45, 7) is 11.0. The molecule has 0 radical (unpaired) electrons. The van der Waals surface area contributed by atoms with Crippen molar-refractivity contribution in [3.63, 3.8) is 0 Å². The van der Waals surface area contributed by atoms with Crippen LogP contribution in [0, 0.1) is 17.7 Å². The molecular formula is C24H25ClF3N3. The second kappa shape index (κ2) is 8.23. The van der Waals surface area contributed by atoms with E-state index in [-0.39, 0.29) is 16.6 Å². The molecule has 0 unspecified atom stereocenters. The summed E-state index contributed by atoms with van der Waals surface area (Å²) >= 11 is 6.53. The molecule has 0 bridgehead atoms. The average molecular weight is 448 g/mol. The molecule has 0 amide bonds. The van der Waals surface area contributed by atoms with E-state index in [0.29, 0.717) is 22.5 Å². The Morgan fingerprint density at radius 1 is 0.806 bits per heavy atom. The van der Waals surface area contributed by atoms with Crippen LogP contribution in [0.4, 0.5) is 13.2 Å². The molecule has 0 spiro atoms. The fourth-order valence-corrected chi connectivity index (χ4v) is 4.00. The van der Waals surface area contributed by atoms with Gasteiger partial charge in [-0.05, 0) is 38.0 Å². The zero-order valence-corrected chi connectivity index (χ0v) is 19.2. The van der Waals surface area contributed by atoms with Crippen LogP contribution in [-0.4, -0.2) is 15.0 Å². The first-order chi connectivity index (χ1) is 14.4. The van der Waals surface area contributed by atoms with Crippen molar-refractivity contribution in [1.29, 1.82) is 0 Å². The maximum Gasteiger partial charge on any atom is 0.217 e. The SMILES string of the molecule is CC(C)c1ccc(C(C)(C)c2ccc(C(C)(C)c3cc(F)cnc3F)nc2Cl)nc1F. The standard InChI is InChI=1S/C24H25ClF3N3/c1-13(2)15-7-9-19(31-21(15)27)23(3,4)16-8-10-18(30-20(16)25)24(5,6)17-11-14(26)12-29-22(17)28/h7-13H,1-6H3. The van der Waals surface area contributed by atoms with E-state index in [9.17, 15) is 13.2 Å². The molecule has 3 heterocycles. The van der Waals surface area contributed by atoms with Gasteiger partial charge in [0.05, 0.1) is 17.6 Å². The van der Waals surface area contributed by atoms with Gasteiger partial charge in [0.2, 0.25) is 11.9 Å². The Kier molecular flexibility index (Phi) is 6.16. The molecular weight excluding hydrogens is 423 g/mol. The number of aromatic nitrogens is 3. The zero-order chi connectivity index (χ0) is 23.1. The van der Waals surface area contributed by atoms with E-state index >= 15 is 0 Å². The summed E-state index contributed by atoms with van der Waals surface area (Å²) in [5.74, 6) is -1.88. The molecule has 164 valence electrons. The molecule has 3 aromatic rings. The lowest BCUT2D eigenvalue weighted by atomic mass is 9.79. The third-order valence-electron chi connectivity index (χ3n) is 5.78. The molecule has 0 atom stereocenters. The number of halogens is 4. The summed E-state index contributed by atoms with van der Waals surface area (Å²) in [5, 5.41) is 0.190. The normalized spacial score (nSPS) is 12.5. The third kappa shape index (κ3) is 4.31. The number of hydrogen-bond acceptors (Lipinski definition) is 3. The van der Waals surface area contributed by atoms with E-state index in [1.807, 2.05) is 27.7 Å². The summed E-state index contributed by atoms with van der Waals surface area (Å²) in [7, 11) is 0. The van der Waals surface area contributed by atoms with Crippen LogP contribution in [0.3, 0.4) is 0 Å². The monoisotopic (exact) mass is 447 g/mol. The topological polar surface area (TPSA) is 38.7 Å². The van der Waals surface area contributed by atoms with Crippen molar-refractivity contribution >= 4 is 11.6 Å². The van der Waals surface area contributed by atoms with Crippen LogP contribution in [-0.2, 0) is 10.8 Å². The van der Waals surface area contributed by atoms with Crippen molar-refractivity contribution in [3.05, 3.63) is 87.5 Å². The number of nitrogens with zero attached hydrogens (tertiary/aromatic N) is 3. The van der Waals surface area contributed by atoms with Crippen LogP contribution < -0.4 is 0 Å². The Labute approximate surface area is 185 Å². The van der Waals surface area contributed by atoms with Crippen molar-refractivity contribution in [2.75, 3.05) is 0 Å². The average Bonchev–Trinajstić information content (AvgIpc) is 2.69. The van der Waals surface area contributed by atoms with E-state index in [4.69, 9.17) is 11.6 Å². The Hall–Kier alpha value is -2.47. The predicted octanol–water partition coefficient (Wildman–Crippen LogP) is 6.72. The molecule has 0 N–H and O–H groups in total. The minimum absolute atomic E-state index is 0.0224. The summed E-state index contributed by atoms with van der Waals surface area (Å²) in [6, 6.07) is 8.13. The molecule has 0 saturated carbocycles. The summed E-state index contributed by atoms with van der Waals surface area (Å²) in [5.41, 5.74) is 0.547. The van der Waals surface area contributed by atoms with Gasteiger partial charge in [0.1, 0.15) is 11.0 Å². The Balaban J connectivity index is 2.03. The second-order valence-corrected chi connectivity index (χ2v) is 9.37. The van der Waals surface area contributed by atoms with Crippen molar-refractivity contribution < 1.29 is 13.2 Å². The van der Waals surface area contributed by atoms with Crippen LogP contribution in [0.2, 0.25) is 5.15 Å². The van der Waals surface area contributed by atoms with Gasteiger partial charge in [0.25, 0.3) is 0 Å². The molecule has 0 aromatic carbocycles. The van der Waals surface area contributed by atoms with Gasteiger partial charge in [-0.3, -0.25) is 0 Å². The van der Waals surface area contributed by atoms with Crippen LogP contribution >= 0.6 is 11.6 Å². The molecule has 0 aliphatic heterocycles. The minimum Gasteiger partial charge on any atom is -0.240 e. The van der Waals surface area contributed by atoms with Gasteiger partial charge < -0.3 is 0 Å². The maximum atomic E-state index is 14.5. The minimum atomic E-state index is -0.977. The van der Waals surface area contributed by atoms with E-state index < -0.39 is 28.5 Å². The molecule has 3 nitrogen and oxygen atoms in total. The Morgan fingerprint density at radius 3 is 1.97 bits per heavy atom. The molecule has 31 heavy (non-hydrogen) atoms.